The molecular weight excluding hydrogens is 276 g/mol. The second-order valence-electron chi connectivity index (χ2n) is 5.90. The number of rotatable bonds is 3. The van der Waals surface area contributed by atoms with Gasteiger partial charge in [-0.15, -0.1) is 0 Å². The van der Waals surface area contributed by atoms with Crippen LogP contribution in [0.2, 0.25) is 0 Å². The van der Waals surface area contributed by atoms with Gasteiger partial charge in [-0.3, -0.25) is 4.98 Å². The van der Waals surface area contributed by atoms with Crippen LogP contribution in [-0.4, -0.2) is 34.6 Å². The summed E-state index contributed by atoms with van der Waals surface area (Å²) < 4.78 is 5.89. The summed E-state index contributed by atoms with van der Waals surface area (Å²) in [5.74, 6) is 0.848. The van der Waals surface area contributed by atoms with Crippen LogP contribution in [0.5, 0.6) is 0 Å². The summed E-state index contributed by atoms with van der Waals surface area (Å²) in [6.07, 6.45) is 10.2. The molecule has 1 atom stereocenters. The number of anilines is 1. The summed E-state index contributed by atoms with van der Waals surface area (Å²) >= 11 is 0. The van der Waals surface area contributed by atoms with E-state index in [9.17, 15) is 0 Å². The van der Waals surface area contributed by atoms with Gasteiger partial charge < -0.3 is 9.64 Å². The zero-order valence-electron chi connectivity index (χ0n) is 12.6. The highest BCUT2D eigenvalue weighted by molar-refractivity contribution is 5.65. The highest BCUT2D eigenvalue weighted by atomic mass is 16.5. The quantitative estimate of drug-likeness (QED) is 0.871. The number of ether oxygens (including phenoxy) is 1. The molecule has 2 aromatic heterocycles. The summed E-state index contributed by atoms with van der Waals surface area (Å²) in [4.78, 5) is 15.9. The standard InChI is InChI=1S/C17H20N4O/c1-2-10-21(9-1)17-19-12-14(13-5-7-18-8-6-13)16(20-17)15-4-3-11-22-15/h5-8,12,15H,1-4,9-11H2. The third kappa shape index (κ3) is 2.57. The maximum absolute atomic E-state index is 5.89. The molecule has 2 aromatic rings. The molecule has 0 amide bonds. The fourth-order valence-corrected chi connectivity index (χ4v) is 3.25. The molecule has 4 heterocycles. The van der Waals surface area contributed by atoms with Gasteiger partial charge in [-0.05, 0) is 43.4 Å². The van der Waals surface area contributed by atoms with Crippen LogP contribution in [-0.2, 0) is 4.74 Å². The fourth-order valence-electron chi connectivity index (χ4n) is 3.25. The first-order valence-corrected chi connectivity index (χ1v) is 8.06. The van der Waals surface area contributed by atoms with E-state index in [2.05, 4.69) is 14.9 Å². The monoisotopic (exact) mass is 296 g/mol. The topological polar surface area (TPSA) is 51.1 Å². The predicted octanol–water partition coefficient (Wildman–Crippen LogP) is 2.99. The van der Waals surface area contributed by atoms with Gasteiger partial charge in [0.1, 0.15) is 6.10 Å². The van der Waals surface area contributed by atoms with Gasteiger partial charge in [0, 0.05) is 43.9 Å². The summed E-state index contributed by atoms with van der Waals surface area (Å²) in [5, 5.41) is 0. The lowest BCUT2D eigenvalue weighted by Crippen LogP contribution is -2.21. The molecule has 0 radical (unpaired) electrons. The Balaban J connectivity index is 1.76. The molecule has 0 aromatic carbocycles. The van der Waals surface area contributed by atoms with Crippen molar-refractivity contribution in [3.8, 4) is 11.1 Å². The Hall–Kier alpha value is -2.01. The summed E-state index contributed by atoms with van der Waals surface area (Å²) in [7, 11) is 0. The van der Waals surface area contributed by atoms with Crippen LogP contribution >= 0.6 is 0 Å². The van der Waals surface area contributed by atoms with Crippen molar-refractivity contribution in [2.24, 2.45) is 0 Å². The lowest BCUT2D eigenvalue weighted by Gasteiger charge is -2.19. The van der Waals surface area contributed by atoms with Gasteiger partial charge in [-0.1, -0.05) is 0 Å². The molecule has 0 saturated carbocycles. The average Bonchev–Trinajstić information content (AvgIpc) is 3.29. The van der Waals surface area contributed by atoms with Crippen LogP contribution in [0.3, 0.4) is 0 Å². The van der Waals surface area contributed by atoms with Crippen molar-refractivity contribution in [2.45, 2.75) is 31.8 Å². The zero-order chi connectivity index (χ0) is 14.8. The normalized spacial score (nSPS) is 21.5. The molecule has 0 spiro atoms. The highest BCUT2D eigenvalue weighted by Crippen LogP contribution is 2.35. The first kappa shape index (κ1) is 13.6. The molecule has 5 heteroatoms. The van der Waals surface area contributed by atoms with Crippen molar-refractivity contribution in [3.63, 3.8) is 0 Å². The largest absolute Gasteiger partial charge is 0.372 e. The van der Waals surface area contributed by atoms with Crippen molar-refractivity contribution >= 4 is 5.95 Å². The number of nitrogens with zero attached hydrogens (tertiary/aromatic N) is 4. The molecule has 2 fully saturated rings. The number of hydrogen-bond acceptors (Lipinski definition) is 5. The van der Waals surface area contributed by atoms with Gasteiger partial charge in [0.05, 0.1) is 5.69 Å². The summed E-state index contributed by atoms with van der Waals surface area (Å²) in [5.41, 5.74) is 3.20. The van der Waals surface area contributed by atoms with Crippen LogP contribution in [0.4, 0.5) is 5.95 Å². The number of hydrogen-bond donors (Lipinski definition) is 0. The first-order chi connectivity index (χ1) is 10.9. The lowest BCUT2D eigenvalue weighted by molar-refractivity contribution is 0.109. The van der Waals surface area contributed by atoms with Crippen molar-refractivity contribution < 1.29 is 4.74 Å². The minimum absolute atomic E-state index is 0.0903. The van der Waals surface area contributed by atoms with Crippen LogP contribution in [0.15, 0.2) is 30.7 Å². The van der Waals surface area contributed by atoms with Gasteiger partial charge in [0.25, 0.3) is 0 Å². The van der Waals surface area contributed by atoms with Crippen molar-refractivity contribution in [3.05, 3.63) is 36.4 Å². The van der Waals surface area contributed by atoms with Gasteiger partial charge in [0.15, 0.2) is 0 Å². The van der Waals surface area contributed by atoms with Crippen molar-refractivity contribution in [1.82, 2.24) is 15.0 Å². The maximum atomic E-state index is 5.89. The predicted molar refractivity (Wildman–Crippen MR) is 84.6 cm³/mol. The molecule has 22 heavy (non-hydrogen) atoms. The van der Waals surface area contributed by atoms with E-state index in [-0.39, 0.29) is 6.10 Å². The van der Waals surface area contributed by atoms with Crippen LogP contribution in [0.25, 0.3) is 11.1 Å². The molecule has 1 unspecified atom stereocenters. The Morgan fingerprint density at radius 2 is 1.91 bits per heavy atom. The Morgan fingerprint density at radius 3 is 2.64 bits per heavy atom. The molecule has 2 aliphatic heterocycles. The van der Waals surface area contributed by atoms with Crippen LogP contribution in [0, 0.1) is 0 Å². The Kier molecular flexibility index (Phi) is 3.72. The van der Waals surface area contributed by atoms with E-state index in [4.69, 9.17) is 9.72 Å². The molecular formula is C17H20N4O. The minimum Gasteiger partial charge on any atom is -0.372 e. The second-order valence-corrected chi connectivity index (χ2v) is 5.90. The second kappa shape index (κ2) is 6.01. The highest BCUT2D eigenvalue weighted by Gasteiger charge is 2.25. The molecule has 0 bridgehead atoms. The van der Waals surface area contributed by atoms with Gasteiger partial charge >= 0.3 is 0 Å². The van der Waals surface area contributed by atoms with Crippen LogP contribution < -0.4 is 4.90 Å². The van der Waals surface area contributed by atoms with E-state index < -0.39 is 0 Å². The van der Waals surface area contributed by atoms with E-state index in [1.54, 1.807) is 0 Å². The maximum Gasteiger partial charge on any atom is 0.225 e. The Bertz CT molecular complexity index is 634. The molecule has 0 aliphatic carbocycles. The third-order valence-electron chi connectivity index (χ3n) is 4.42. The summed E-state index contributed by atoms with van der Waals surface area (Å²) in [6, 6.07) is 4.01. The molecule has 5 nitrogen and oxygen atoms in total. The molecule has 0 N–H and O–H groups in total. The molecule has 4 rings (SSSR count). The Morgan fingerprint density at radius 1 is 1.09 bits per heavy atom. The first-order valence-electron chi connectivity index (χ1n) is 8.06. The van der Waals surface area contributed by atoms with E-state index in [1.807, 2.05) is 30.7 Å². The zero-order valence-corrected chi connectivity index (χ0v) is 12.6. The van der Waals surface area contributed by atoms with Crippen molar-refractivity contribution in [1.29, 1.82) is 0 Å². The van der Waals surface area contributed by atoms with Crippen molar-refractivity contribution in [2.75, 3.05) is 24.6 Å². The fraction of sp³-hybridized carbons (Fsp3) is 0.471. The van der Waals surface area contributed by atoms with Gasteiger partial charge in [-0.25, -0.2) is 9.97 Å². The molecule has 114 valence electrons. The minimum atomic E-state index is 0.0903. The molecule has 2 saturated heterocycles. The van der Waals surface area contributed by atoms with E-state index in [1.165, 1.54) is 12.8 Å². The van der Waals surface area contributed by atoms with Crippen LogP contribution in [0.1, 0.15) is 37.5 Å². The third-order valence-corrected chi connectivity index (χ3v) is 4.42. The molecule has 2 aliphatic rings. The lowest BCUT2D eigenvalue weighted by atomic mass is 10.0. The number of aromatic nitrogens is 3. The van der Waals surface area contributed by atoms with E-state index >= 15 is 0 Å². The van der Waals surface area contributed by atoms with Gasteiger partial charge in [-0.2, -0.15) is 0 Å². The summed E-state index contributed by atoms with van der Waals surface area (Å²) in [6.45, 7) is 2.93. The smallest absolute Gasteiger partial charge is 0.225 e. The van der Waals surface area contributed by atoms with E-state index in [0.29, 0.717) is 0 Å². The van der Waals surface area contributed by atoms with Gasteiger partial charge in [0.2, 0.25) is 5.95 Å². The Labute approximate surface area is 130 Å². The number of pyridine rings is 1. The average molecular weight is 296 g/mol. The SMILES string of the molecule is c1cc(-c2cnc(N3CCCC3)nc2C2CCCO2)ccn1. The van der Waals surface area contributed by atoms with E-state index in [0.717, 1.165) is 55.3 Å².